The fraction of sp³-hybridized carbons (Fsp3) is 0.130. The number of fused-ring (bicyclic) bond motifs is 3. The third-order valence-corrected chi connectivity index (χ3v) is 5.82. The summed E-state index contributed by atoms with van der Waals surface area (Å²) in [7, 11) is 0. The Hall–Kier alpha value is -3.36. The van der Waals surface area contributed by atoms with Crippen LogP contribution in [0.4, 0.5) is 5.69 Å². The van der Waals surface area contributed by atoms with E-state index in [1.54, 1.807) is 23.1 Å². The Morgan fingerprint density at radius 2 is 1.84 bits per heavy atom. The van der Waals surface area contributed by atoms with E-state index in [0.29, 0.717) is 38.6 Å². The highest BCUT2D eigenvalue weighted by molar-refractivity contribution is 7.98. The highest BCUT2D eigenvalue weighted by Crippen LogP contribution is 2.44. The van der Waals surface area contributed by atoms with Gasteiger partial charge in [0.15, 0.2) is 11.5 Å². The summed E-state index contributed by atoms with van der Waals surface area (Å²) in [6.45, 7) is 1.48. The Balaban J connectivity index is 1.66. The molecule has 0 fully saturated rings. The molecule has 1 unspecified atom stereocenters. The molecule has 4 aromatic rings. The van der Waals surface area contributed by atoms with Crippen molar-refractivity contribution in [1.82, 2.24) is 15.2 Å². The molecule has 0 spiro atoms. The van der Waals surface area contributed by atoms with Crippen LogP contribution in [0.15, 0.2) is 70.2 Å². The lowest BCUT2D eigenvalue weighted by atomic mass is 10.1. The van der Waals surface area contributed by atoms with Gasteiger partial charge in [0.2, 0.25) is 23.2 Å². The second kappa shape index (κ2) is 8.29. The minimum Gasteiger partial charge on any atom is -0.455 e. The van der Waals surface area contributed by atoms with Crippen molar-refractivity contribution in [2.75, 3.05) is 11.2 Å². The number of anilines is 1. The summed E-state index contributed by atoms with van der Waals surface area (Å²) in [5.41, 5.74) is 2.67. The Labute approximate surface area is 193 Å². The van der Waals surface area contributed by atoms with E-state index in [4.69, 9.17) is 20.8 Å². The van der Waals surface area contributed by atoms with Crippen LogP contribution < -0.4 is 9.64 Å². The molecule has 5 rings (SSSR count). The first-order valence-electron chi connectivity index (χ1n) is 9.75. The van der Waals surface area contributed by atoms with E-state index in [2.05, 4.69) is 15.2 Å². The molecule has 3 heterocycles. The van der Waals surface area contributed by atoms with Gasteiger partial charge < -0.3 is 9.15 Å². The van der Waals surface area contributed by atoms with Crippen LogP contribution in [0.1, 0.15) is 18.9 Å². The van der Waals surface area contributed by atoms with Gasteiger partial charge in [-0.25, -0.2) is 0 Å². The van der Waals surface area contributed by atoms with Crippen molar-refractivity contribution in [2.45, 2.75) is 18.3 Å². The largest absolute Gasteiger partial charge is 0.455 e. The smallest absolute Gasteiger partial charge is 0.247 e. The third kappa shape index (κ3) is 3.61. The molecular formula is C23H17ClN4O3S. The van der Waals surface area contributed by atoms with E-state index in [9.17, 15) is 4.79 Å². The standard InChI is InChI=1S/C23H17ClN4O3S/c1-13(29)28-17-6-4-3-5-16(17)20-21(25-23(32-2)27-26-20)31-22(28)19-12-11-18(30-19)14-7-9-15(24)10-8-14/h3-12,22H,1-2H3. The van der Waals surface area contributed by atoms with Crippen molar-refractivity contribution >= 4 is 35.0 Å². The lowest BCUT2D eigenvalue weighted by Crippen LogP contribution is -2.35. The number of furan rings is 1. The van der Waals surface area contributed by atoms with Gasteiger partial charge in [-0.2, -0.15) is 4.98 Å². The molecule has 0 aliphatic carbocycles. The molecule has 1 atom stereocenters. The zero-order valence-electron chi connectivity index (χ0n) is 17.2. The molecule has 2 aromatic heterocycles. The molecule has 0 bridgehead atoms. The van der Waals surface area contributed by atoms with Gasteiger partial charge in [-0.1, -0.05) is 41.6 Å². The fourth-order valence-corrected chi connectivity index (χ4v) is 4.00. The Bertz CT molecular complexity index is 1310. The molecule has 1 aliphatic rings. The number of hydrogen-bond donors (Lipinski definition) is 0. The number of nitrogens with zero attached hydrogens (tertiary/aromatic N) is 4. The van der Waals surface area contributed by atoms with Crippen LogP contribution >= 0.6 is 23.4 Å². The summed E-state index contributed by atoms with van der Waals surface area (Å²) < 4.78 is 12.4. The van der Waals surface area contributed by atoms with Gasteiger partial charge in [0.05, 0.1) is 5.69 Å². The van der Waals surface area contributed by atoms with Gasteiger partial charge in [-0.05, 0) is 48.7 Å². The molecule has 0 saturated carbocycles. The van der Waals surface area contributed by atoms with Gasteiger partial charge in [-0.3, -0.25) is 9.69 Å². The van der Waals surface area contributed by atoms with Crippen LogP contribution in [0.3, 0.4) is 0 Å². The average molecular weight is 465 g/mol. The molecule has 0 radical (unpaired) electrons. The molecule has 1 amide bonds. The number of rotatable bonds is 3. The molecule has 32 heavy (non-hydrogen) atoms. The summed E-state index contributed by atoms with van der Waals surface area (Å²) in [6.07, 6.45) is 0.987. The van der Waals surface area contributed by atoms with Gasteiger partial charge in [0.25, 0.3) is 0 Å². The van der Waals surface area contributed by atoms with Gasteiger partial charge in [-0.15, -0.1) is 10.2 Å². The molecule has 0 N–H and O–H groups in total. The van der Waals surface area contributed by atoms with Crippen molar-refractivity contribution in [1.29, 1.82) is 0 Å². The quantitative estimate of drug-likeness (QED) is 0.364. The van der Waals surface area contributed by atoms with Gasteiger partial charge in [0.1, 0.15) is 5.76 Å². The number of ether oxygens (including phenoxy) is 1. The first kappa shape index (κ1) is 20.5. The van der Waals surface area contributed by atoms with E-state index in [1.807, 2.05) is 48.7 Å². The highest BCUT2D eigenvalue weighted by atomic mass is 35.5. The molecule has 7 nitrogen and oxygen atoms in total. The van der Waals surface area contributed by atoms with Gasteiger partial charge >= 0.3 is 0 Å². The monoisotopic (exact) mass is 464 g/mol. The number of carbonyl (C=O) groups is 1. The number of benzene rings is 2. The molecule has 2 aromatic carbocycles. The zero-order chi connectivity index (χ0) is 22.2. The van der Waals surface area contributed by atoms with E-state index in [-0.39, 0.29) is 11.8 Å². The number of thioether (sulfide) groups is 1. The van der Waals surface area contributed by atoms with E-state index in [1.165, 1.54) is 18.7 Å². The SMILES string of the molecule is CSc1nnc2c(n1)OC(c1ccc(-c3ccc(Cl)cc3)o1)N(C(C)=O)c1ccccc1-2. The van der Waals surface area contributed by atoms with Crippen LogP contribution in [0.2, 0.25) is 5.02 Å². The maximum absolute atomic E-state index is 12.8. The molecule has 1 aliphatic heterocycles. The topological polar surface area (TPSA) is 81.3 Å². The normalized spacial score (nSPS) is 14.8. The fourth-order valence-electron chi connectivity index (χ4n) is 3.58. The maximum atomic E-state index is 12.8. The lowest BCUT2D eigenvalue weighted by Gasteiger charge is -2.28. The first-order chi connectivity index (χ1) is 15.5. The van der Waals surface area contributed by atoms with Crippen LogP contribution in [0.5, 0.6) is 5.88 Å². The molecular weight excluding hydrogens is 448 g/mol. The number of aromatic nitrogens is 3. The number of carbonyl (C=O) groups excluding carboxylic acids is 1. The van der Waals surface area contributed by atoms with Crippen LogP contribution in [0.25, 0.3) is 22.6 Å². The van der Waals surface area contributed by atoms with E-state index >= 15 is 0 Å². The Morgan fingerprint density at radius 3 is 2.59 bits per heavy atom. The zero-order valence-corrected chi connectivity index (χ0v) is 18.7. The molecule has 9 heteroatoms. The highest BCUT2D eigenvalue weighted by Gasteiger charge is 2.36. The summed E-state index contributed by atoms with van der Waals surface area (Å²) in [4.78, 5) is 18.9. The van der Waals surface area contributed by atoms with E-state index in [0.717, 1.165) is 5.56 Å². The van der Waals surface area contributed by atoms with Crippen LogP contribution in [-0.2, 0) is 4.79 Å². The summed E-state index contributed by atoms with van der Waals surface area (Å²) in [6, 6.07) is 18.4. The summed E-state index contributed by atoms with van der Waals surface area (Å²) in [5, 5.41) is 9.60. The number of halogens is 1. The minimum atomic E-state index is -0.873. The molecule has 160 valence electrons. The van der Waals surface area contributed by atoms with Crippen molar-refractivity contribution in [3.63, 3.8) is 0 Å². The average Bonchev–Trinajstić information content (AvgIpc) is 3.24. The lowest BCUT2D eigenvalue weighted by molar-refractivity contribution is -0.118. The number of hydrogen-bond acceptors (Lipinski definition) is 7. The van der Waals surface area contributed by atoms with Gasteiger partial charge in [0, 0.05) is 23.1 Å². The van der Waals surface area contributed by atoms with Crippen molar-refractivity contribution in [3.8, 4) is 28.5 Å². The van der Waals surface area contributed by atoms with Crippen LogP contribution in [0, 0.1) is 0 Å². The third-order valence-electron chi connectivity index (χ3n) is 5.03. The Kier molecular flexibility index (Phi) is 5.32. The number of amides is 1. The van der Waals surface area contributed by atoms with Crippen molar-refractivity contribution < 1.29 is 13.9 Å². The molecule has 0 saturated heterocycles. The predicted octanol–water partition coefficient (Wildman–Crippen LogP) is 5.62. The van der Waals surface area contributed by atoms with Crippen molar-refractivity contribution in [3.05, 3.63) is 71.4 Å². The Morgan fingerprint density at radius 1 is 1.06 bits per heavy atom. The number of para-hydroxylation sites is 1. The first-order valence-corrected chi connectivity index (χ1v) is 11.4. The van der Waals surface area contributed by atoms with Crippen LogP contribution in [-0.4, -0.2) is 27.3 Å². The summed E-state index contributed by atoms with van der Waals surface area (Å²) >= 11 is 7.36. The summed E-state index contributed by atoms with van der Waals surface area (Å²) in [5.74, 6) is 1.16. The maximum Gasteiger partial charge on any atom is 0.247 e. The van der Waals surface area contributed by atoms with Crippen molar-refractivity contribution in [2.24, 2.45) is 0 Å². The minimum absolute atomic E-state index is 0.210. The second-order valence-corrected chi connectivity index (χ2v) is 8.25. The van der Waals surface area contributed by atoms with E-state index < -0.39 is 6.23 Å². The second-order valence-electron chi connectivity index (χ2n) is 7.04. The predicted molar refractivity (Wildman–Crippen MR) is 123 cm³/mol.